The Morgan fingerprint density at radius 1 is 1.50 bits per heavy atom. The van der Waals surface area contributed by atoms with Gasteiger partial charge in [0.05, 0.1) is 13.0 Å². The van der Waals surface area contributed by atoms with Gasteiger partial charge in [-0.15, -0.1) is 0 Å². The predicted octanol–water partition coefficient (Wildman–Crippen LogP) is 2.17. The average molecular weight is 230 g/mol. The molecule has 0 aliphatic heterocycles. The number of nitrogens with zero attached hydrogens (tertiary/aromatic N) is 2. The molecule has 0 fully saturated rings. The van der Waals surface area contributed by atoms with Gasteiger partial charge in [-0.2, -0.15) is 13.2 Å². The van der Waals surface area contributed by atoms with Crippen molar-refractivity contribution in [2.45, 2.75) is 19.1 Å². The fourth-order valence-corrected chi connectivity index (χ4v) is 0.925. The van der Waals surface area contributed by atoms with Gasteiger partial charge in [-0.05, 0) is 11.6 Å². The van der Waals surface area contributed by atoms with E-state index < -0.39 is 18.4 Å². The number of pyridine rings is 1. The van der Waals surface area contributed by atoms with Crippen LogP contribution in [0.5, 0.6) is 0 Å². The lowest BCUT2D eigenvalue weighted by molar-refractivity contribution is -0.169. The van der Waals surface area contributed by atoms with Gasteiger partial charge in [0.2, 0.25) is 5.78 Å². The Balaban J connectivity index is 2.37. The van der Waals surface area contributed by atoms with E-state index in [4.69, 9.17) is 0 Å². The van der Waals surface area contributed by atoms with Crippen LogP contribution in [0.2, 0.25) is 0 Å². The summed E-state index contributed by atoms with van der Waals surface area (Å²) < 4.78 is 35.3. The summed E-state index contributed by atoms with van der Waals surface area (Å²) in [6, 6.07) is 3.45. The van der Waals surface area contributed by atoms with Gasteiger partial charge in [0.25, 0.3) is 0 Å². The van der Waals surface area contributed by atoms with Crippen molar-refractivity contribution in [3.8, 4) is 0 Å². The van der Waals surface area contributed by atoms with Crippen LogP contribution in [0.1, 0.15) is 12.0 Å². The fourth-order valence-electron chi connectivity index (χ4n) is 0.925. The van der Waals surface area contributed by atoms with E-state index in [1.165, 1.54) is 0 Å². The number of carbonyl (C=O) groups is 1. The van der Waals surface area contributed by atoms with E-state index in [9.17, 15) is 18.0 Å². The number of rotatable bonds is 4. The Hall–Kier alpha value is -1.72. The number of alkyl halides is 3. The highest BCUT2D eigenvalue weighted by Crippen LogP contribution is 2.16. The zero-order chi connectivity index (χ0) is 12.0. The van der Waals surface area contributed by atoms with Crippen LogP contribution in [0.15, 0.2) is 29.5 Å². The number of halogens is 3. The number of ketones is 1. The van der Waals surface area contributed by atoms with Crippen molar-refractivity contribution in [2.24, 2.45) is 4.99 Å². The predicted molar refractivity (Wildman–Crippen MR) is 52.1 cm³/mol. The van der Waals surface area contributed by atoms with Gasteiger partial charge in [0.1, 0.15) is 0 Å². The highest BCUT2D eigenvalue weighted by atomic mass is 19.4. The van der Waals surface area contributed by atoms with Crippen LogP contribution in [0.3, 0.4) is 0 Å². The quantitative estimate of drug-likeness (QED) is 0.744. The van der Waals surface area contributed by atoms with Crippen LogP contribution >= 0.6 is 0 Å². The van der Waals surface area contributed by atoms with E-state index in [1.807, 2.05) is 0 Å². The lowest BCUT2D eigenvalue weighted by Crippen LogP contribution is -2.22. The van der Waals surface area contributed by atoms with Crippen molar-refractivity contribution >= 4 is 12.0 Å². The molecule has 0 saturated heterocycles. The second-order valence-corrected chi connectivity index (χ2v) is 3.01. The first-order chi connectivity index (χ1) is 7.50. The van der Waals surface area contributed by atoms with Crippen molar-refractivity contribution < 1.29 is 18.0 Å². The molecule has 86 valence electrons. The van der Waals surface area contributed by atoms with Crippen molar-refractivity contribution in [3.63, 3.8) is 0 Å². The van der Waals surface area contributed by atoms with Gasteiger partial charge < -0.3 is 0 Å². The largest absolute Gasteiger partial charge is 0.450 e. The average Bonchev–Trinajstić information content (AvgIpc) is 2.24. The van der Waals surface area contributed by atoms with E-state index in [0.29, 0.717) is 0 Å². The maximum Gasteiger partial charge on any atom is 0.450 e. The number of carbonyl (C=O) groups excluding carboxylic acids is 1. The summed E-state index contributed by atoms with van der Waals surface area (Å²) in [5.74, 6) is -1.79. The standard InChI is InChI=1S/C10H9F3N2O/c11-10(12,13)9(16)3-5-15-7-8-2-1-4-14-6-8/h1-2,4-6H,3,7H2. The number of aromatic nitrogens is 1. The van der Waals surface area contributed by atoms with Crippen LogP contribution in [-0.4, -0.2) is 23.2 Å². The first-order valence-electron chi connectivity index (χ1n) is 4.47. The summed E-state index contributed by atoms with van der Waals surface area (Å²) in [7, 11) is 0. The van der Waals surface area contributed by atoms with Crippen molar-refractivity contribution in [3.05, 3.63) is 30.1 Å². The zero-order valence-corrected chi connectivity index (χ0v) is 8.24. The molecule has 0 N–H and O–H groups in total. The maximum absolute atomic E-state index is 11.8. The Morgan fingerprint density at radius 3 is 2.81 bits per heavy atom. The van der Waals surface area contributed by atoms with Gasteiger partial charge >= 0.3 is 6.18 Å². The lowest BCUT2D eigenvalue weighted by Gasteiger charge is -2.00. The molecule has 1 rings (SSSR count). The molecule has 0 radical (unpaired) electrons. The van der Waals surface area contributed by atoms with Crippen molar-refractivity contribution in [2.75, 3.05) is 0 Å². The molecule has 1 aromatic rings. The minimum absolute atomic E-state index is 0.221. The smallest absolute Gasteiger partial charge is 0.292 e. The van der Waals surface area contributed by atoms with Gasteiger partial charge in [0, 0.05) is 18.6 Å². The molecule has 0 unspecified atom stereocenters. The zero-order valence-electron chi connectivity index (χ0n) is 8.24. The Labute approximate surface area is 90.0 Å². The Kier molecular flexibility index (Phi) is 4.16. The number of Topliss-reactive ketones (excluding diaryl/α,β-unsaturated/α-hetero) is 1. The summed E-state index contributed by atoms with van der Waals surface area (Å²) in [5.41, 5.74) is 0.776. The molecule has 0 amide bonds. The number of hydrogen-bond acceptors (Lipinski definition) is 3. The molecule has 0 aliphatic carbocycles. The molecule has 0 aliphatic rings. The third-order valence-electron chi connectivity index (χ3n) is 1.72. The maximum atomic E-state index is 11.8. The molecule has 6 heteroatoms. The first-order valence-corrected chi connectivity index (χ1v) is 4.47. The van der Waals surface area contributed by atoms with E-state index >= 15 is 0 Å². The second kappa shape index (κ2) is 5.39. The molecule has 1 heterocycles. The third-order valence-corrected chi connectivity index (χ3v) is 1.72. The summed E-state index contributed by atoms with van der Waals surface area (Å²) >= 11 is 0. The molecule has 16 heavy (non-hydrogen) atoms. The fraction of sp³-hybridized carbons (Fsp3) is 0.300. The molecule has 3 nitrogen and oxygen atoms in total. The monoisotopic (exact) mass is 230 g/mol. The van der Waals surface area contributed by atoms with Crippen LogP contribution in [0.25, 0.3) is 0 Å². The molecule has 0 aromatic carbocycles. The van der Waals surface area contributed by atoms with Gasteiger partial charge in [-0.25, -0.2) is 0 Å². The molecule has 0 atom stereocenters. The van der Waals surface area contributed by atoms with Gasteiger partial charge in [-0.1, -0.05) is 6.07 Å². The number of aliphatic imine (C=N–C) groups is 1. The van der Waals surface area contributed by atoms with E-state index in [1.54, 1.807) is 24.5 Å². The first kappa shape index (κ1) is 12.4. The highest BCUT2D eigenvalue weighted by Gasteiger charge is 2.36. The van der Waals surface area contributed by atoms with Crippen LogP contribution in [-0.2, 0) is 11.3 Å². The lowest BCUT2D eigenvalue weighted by atomic mass is 10.3. The summed E-state index contributed by atoms with van der Waals surface area (Å²) in [6.07, 6.45) is -1.38. The molecular formula is C10H9F3N2O. The second-order valence-electron chi connectivity index (χ2n) is 3.01. The minimum atomic E-state index is -4.78. The van der Waals surface area contributed by atoms with Crippen LogP contribution < -0.4 is 0 Å². The van der Waals surface area contributed by atoms with E-state index in [2.05, 4.69) is 9.98 Å². The molecule has 0 saturated carbocycles. The summed E-state index contributed by atoms with van der Waals surface area (Å²) in [4.78, 5) is 18.0. The van der Waals surface area contributed by atoms with E-state index in [0.717, 1.165) is 11.8 Å². The number of hydrogen-bond donors (Lipinski definition) is 0. The minimum Gasteiger partial charge on any atom is -0.292 e. The molecule has 0 spiro atoms. The van der Waals surface area contributed by atoms with Crippen molar-refractivity contribution in [1.82, 2.24) is 4.98 Å². The Bertz CT molecular complexity index is 373. The molecule has 0 bridgehead atoms. The summed E-state index contributed by atoms with van der Waals surface area (Å²) in [5, 5.41) is 0. The molecular weight excluding hydrogens is 221 g/mol. The van der Waals surface area contributed by atoms with Crippen LogP contribution in [0, 0.1) is 0 Å². The van der Waals surface area contributed by atoms with Crippen molar-refractivity contribution in [1.29, 1.82) is 0 Å². The topological polar surface area (TPSA) is 42.3 Å². The normalized spacial score (nSPS) is 11.9. The summed E-state index contributed by atoms with van der Waals surface area (Å²) in [6.45, 7) is 0.221. The van der Waals surface area contributed by atoms with Gasteiger partial charge in [0.15, 0.2) is 0 Å². The third kappa shape index (κ3) is 4.20. The SMILES string of the molecule is O=C(CC=NCc1cccnc1)C(F)(F)F. The van der Waals surface area contributed by atoms with Gasteiger partial charge in [-0.3, -0.25) is 14.8 Å². The van der Waals surface area contributed by atoms with Crippen LogP contribution in [0.4, 0.5) is 13.2 Å². The van der Waals surface area contributed by atoms with E-state index in [-0.39, 0.29) is 6.54 Å². The Morgan fingerprint density at radius 2 is 2.25 bits per heavy atom. The molecule has 1 aromatic heterocycles. The highest BCUT2D eigenvalue weighted by molar-refractivity contribution is 5.94.